The summed E-state index contributed by atoms with van der Waals surface area (Å²) in [5.74, 6) is 2.26. The number of carbonyl (C=O) groups excluding carboxylic acids is 1. The summed E-state index contributed by atoms with van der Waals surface area (Å²) in [6.07, 6.45) is 0. The van der Waals surface area contributed by atoms with Crippen LogP contribution < -0.4 is 20.7 Å². The number of anilines is 3. The number of morpholine rings is 1. The van der Waals surface area contributed by atoms with E-state index in [-0.39, 0.29) is 5.97 Å². The summed E-state index contributed by atoms with van der Waals surface area (Å²) in [5, 5.41) is 3.70. The number of benzene rings is 1. The zero-order valence-corrected chi connectivity index (χ0v) is 16.2. The van der Waals surface area contributed by atoms with Crippen LogP contribution >= 0.6 is 11.8 Å². The van der Waals surface area contributed by atoms with Crippen LogP contribution in [0.3, 0.4) is 0 Å². The zero-order chi connectivity index (χ0) is 19.2. The van der Waals surface area contributed by atoms with E-state index in [1.54, 1.807) is 19.2 Å². The highest BCUT2D eigenvalue weighted by Crippen LogP contribution is 2.31. The molecule has 144 valence electrons. The number of nitrogens with zero attached hydrogens (tertiary/aromatic N) is 3. The van der Waals surface area contributed by atoms with Crippen LogP contribution in [-0.4, -0.2) is 49.3 Å². The fourth-order valence-electron chi connectivity index (χ4n) is 2.68. The van der Waals surface area contributed by atoms with Gasteiger partial charge in [-0.1, -0.05) is 23.9 Å². The third-order valence-corrected chi connectivity index (χ3v) is 4.92. The Balaban J connectivity index is 1.73. The number of rotatable bonds is 6. The van der Waals surface area contributed by atoms with E-state index in [9.17, 15) is 4.79 Å². The lowest BCUT2D eigenvalue weighted by Crippen LogP contribution is -2.37. The molecule has 1 fully saturated rings. The van der Waals surface area contributed by atoms with Crippen LogP contribution in [0.2, 0.25) is 0 Å². The molecule has 0 saturated carbocycles. The van der Waals surface area contributed by atoms with E-state index in [0.29, 0.717) is 41.4 Å². The Labute approximate surface area is 162 Å². The maximum absolute atomic E-state index is 11.0. The first-order chi connectivity index (χ1) is 13.1. The third-order valence-electron chi connectivity index (χ3n) is 4.01. The van der Waals surface area contributed by atoms with Gasteiger partial charge < -0.3 is 25.4 Å². The minimum atomic E-state index is -0.331. The molecule has 0 radical (unpaired) electrons. The number of esters is 1. The van der Waals surface area contributed by atoms with Crippen molar-refractivity contribution in [3.63, 3.8) is 0 Å². The van der Waals surface area contributed by atoms with Gasteiger partial charge in [0.15, 0.2) is 16.8 Å². The topological polar surface area (TPSA) is 103 Å². The highest BCUT2D eigenvalue weighted by Gasteiger charge is 2.19. The van der Waals surface area contributed by atoms with Crippen molar-refractivity contribution >= 4 is 35.1 Å². The van der Waals surface area contributed by atoms with Crippen molar-refractivity contribution in [2.45, 2.75) is 17.8 Å². The number of hydrogen-bond donors (Lipinski definition) is 2. The molecule has 1 aromatic carbocycles. The van der Waals surface area contributed by atoms with Gasteiger partial charge in [0.2, 0.25) is 0 Å². The van der Waals surface area contributed by atoms with Crippen LogP contribution in [0.15, 0.2) is 29.4 Å². The van der Waals surface area contributed by atoms with Gasteiger partial charge in [0.1, 0.15) is 11.4 Å². The van der Waals surface area contributed by atoms with Gasteiger partial charge in [0.25, 0.3) is 0 Å². The number of carbonyl (C=O) groups is 1. The molecular formula is C18H23N5O3S. The maximum Gasteiger partial charge on any atom is 0.308 e. The van der Waals surface area contributed by atoms with E-state index >= 15 is 0 Å². The normalized spacial score (nSPS) is 14.1. The molecule has 1 saturated heterocycles. The lowest BCUT2D eigenvalue weighted by Gasteiger charge is -2.29. The van der Waals surface area contributed by atoms with Crippen molar-refractivity contribution in [3.05, 3.63) is 29.8 Å². The Bertz CT molecular complexity index is 794. The van der Waals surface area contributed by atoms with E-state index in [4.69, 9.17) is 15.2 Å². The summed E-state index contributed by atoms with van der Waals surface area (Å²) >= 11 is 1.53. The molecule has 0 atom stereocenters. The fraction of sp³-hybridized carbons (Fsp3) is 0.389. The summed E-state index contributed by atoms with van der Waals surface area (Å²) < 4.78 is 10.5. The summed E-state index contributed by atoms with van der Waals surface area (Å²) in [5.41, 5.74) is 7.87. The number of aromatic nitrogens is 2. The Morgan fingerprint density at radius 3 is 2.63 bits per heavy atom. The molecule has 0 bridgehead atoms. The second kappa shape index (κ2) is 8.92. The second-order valence-corrected chi connectivity index (χ2v) is 6.91. The van der Waals surface area contributed by atoms with E-state index in [2.05, 4.69) is 20.2 Å². The standard InChI is InChI=1S/C18H23N5O3S/c1-12(24)26-14-5-3-13(4-6-14)11-27-18-21-16(20-2)15(19)17(22-18)23-7-9-25-10-8-23/h3-6H,7-11,19H2,1-2H3,(H,20,21,22). The average Bonchev–Trinajstić information content (AvgIpc) is 2.68. The van der Waals surface area contributed by atoms with Crippen molar-refractivity contribution in [1.29, 1.82) is 0 Å². The molecule has 1 aromatic heterocycles. The predicted octanol–water partition coefficient (Wildman–Crippen LogP) is 2.15. The van der Waals surface area contributed by atoms with Gasteiger partial charge in [-0.05, 0) is 17.7 Å². The molecule has 0 aliphatic carbocycles. The fourth-order valence-corrected chi connectivity index (χ4v) is 3.47. The van der Waals surface area contributed by atoms with Crippen LogP contribution in [-0.2, 0) is 15.3 Å². The molecule has 27 heavy (non-hydrogen) atoms. The molecular weight excluding hydrogens is 366 g/mol. The molecule has 1 aliphatic heterocycles. The molecule has 9 heteroatoms. The monoisotopic (exact) mass is 389 g/mol. The first kappa shape index (κ1) is 19.2. The van der Waals surface area contributed by atoms with E-state index in [1.807, 2.05) is 12.1 Å². The van der Waals surface area contributed by atoms with Gasteiger partial charge in [-0.25, -0.2) is 9.97 Å². The Morgan fingerprint density at radius 2 is 2.00 bits per heavy atom. The number of thioether (sulfide) groups is 1. The Morgan fingerprint density at radius 1 is 1.30 bits per heavy atom. The van der Waals surface area contributed by atoms with E-state index in [1.165, 1.54) is 18.7 Å². The van der Waals surface area contributed by atoms with Crippen molar-refractivity contribution in [2.24, 2.45) is 0 Å². The maximum atomic E-state index is 11.0. The first-order valence-corrected chi connectivity index (χ1v) is 9.63. The lowest BCUT2D eigenvalue weighted by atomic mass is 10.2. The number of hydrogen-bond acceptors (Lipinski definition) is 9. The van der Waals surface area contributed by atoms with E-state index < -0.39 is 0 Å². The van der Waals surface area contributed by atoms with Gasteiger partial charge >= 0.3 is 5.97 Å². The SMILES string of the molecule is CNc1nc(SCc2ccc(OC(C)=O)cc2)nc(N2CCOCC2)c1N. The molecule has 0 amide bonds. The number of nitrogen functional groups attached to an aromatic ring is 1. The second-order valence-electron chi connectivity index (χ2n) is 5.97. The molecule has 3 rings (SSSR count). The van der Waals surface area contributed by atoms with Gasteiger partial charge in [-0.15, -0.1) is 0 Å². The third kappa shape index (κ3) is 5.01. The highest BCUT2D eigenvalue weighted by molar-refractivity contribution is 7.98. The van der Waals surface area contributed by atoms with Crippen LogP contribution in [0.25, 0.3) is 0 Å². The Hall–Kier alpha value is -2.52. The molecule has 0 spiro atoms. The molecule has 2 heterocycles. The average molecular weight is 389 g/mol. The Kier molecular flexibility index (Phi) is 6.36. The number of nitrogens with two attached hydrogens (primary N) is 1. The van der Waals surface area contributed by atoms with Crippen molar-refractivity contribution in [2.75, 3.05) is 49.3 Å². The van der Waals surface area contributed by atoms with Gasteiger partial charge in [0.05, 0.1) is 13.2 Å². The van der Waals surface area contributed by atoms with Crippen LogP contribution in [0.5, 0.6) is 5.75 Å². The van der Waals surface area contributed by atoms with Crippen LogP contribution in [0.1, 0.15) is 12.5 Å². The van der Waals surface area contributed by atoms with Crippen LogP contribution in [0, 0.1) is 0 Å². The predicted molar refractivity (Wildman–Crippen MR) is 106 cm³/mol. The molecule has 0 unspecified atom stereocenters. The van der Waals surface area contributed by atoms with E-state index in [0.717, 1.165) is 24.5 Å². The minimum absolute atomic E-state index is 0.331. The van der Waals surface area contributed by atoms with Crippen molar-refractivity contribution < 1.29 is 14.3 Å². The quantitative estimate of drug-likeness (QED) is 0.333. The van der Waals surface area contributed by atoms with Gasteiger partial charge in [-0.2, -0.15) is 0 Å². The zero-order valence-electron chi connectivity index (χ0n) is 15.4. The molecule has 1 aliphatic rings. The molecule has 3 N–H and O–H groups in total. The summed E-state index contributed by atoms with van der Waals surface area (Å²) in [4.78, 5) is 22.3. The molecule has 2 aromatic rings. The van der Waals surface area contributed by atoms with Gasteiger partial charge in [-0.3, -0.25) is 4.79 Å². The summed E-state index contributed by atoms with van der Waals surface area (Å²) in [6.45, 7) is 4.22. The number of nitrogens with one attached hydrogen (secondary N) is 1. The highest BCUT2D eigenvalue weighted by atomic mass is 32.2. The van der Waals surface area contributed by atoms with Crippen molar-refractivity contribution in [1.82, 2.24) is 9.97 Å². The largest absolute Gasteiger partial charge is 0.427 e. The summed E-state index contributed by atoms with van der Waals surface area (Å²) in [6, 6.07) is 7.40. The lowest BCUT2D eigenvalue weighted by molar-refractivity contribution is -0.131. The number of ether oxygens (including phenoxy) is 2. The van der Waals surface area contributed by atoms with Gasteiger partial charge in [0, 0.05) is 32.8 Å². The first-order valence-electron chi connectivity index (χ1n) is 8.65. The molecule has 8 nitrogen and oxygen atoms in total. The van der Waals surface area contributed by atoms with Crippen molar-refractivity contribution in [3.8, 4) is 5.75 Å². The minimum Gasteiger partial charge on any atom is -0.427 e. The summed E-state index contributed by atoms with van der Waals surface area (Å²) in [7, 11) is 1.80. The van der Waals surface area contributed by atoms with Crippen LogP contribution in [0.4, 0.5) is 17.3 Å². The smallest absolute Gasteiger partial charge is 0.308 e.